The summed E-state index contributed by atoms with van der Waals surface area (Å²) in [6.07, 6.45) is 57.9. The van der Waals surface area contributed by atoms with E-state index >= 15 is 0 Å². The maximum absolute atomic E-state index is 13.0. The number of rotatable bonds is 51. The van der Waals surface area contributed by atoms with Gasteiger partial charge >= 0.3 is 16.4 Å². The Bertz CT molecular complexity index is 1540. The summed E-state index contributed by atoms with van der Waals surface area (Å²) in [5.41, 5.74) is 0. The first-order valence-corrected chi connectivity index (χ1v) is 30.6. The molecule has 0 bridgehead atoms. The fraction of sp³-hybridized carbons (Fsp3) is 0.783. The minimum absolute atomic E-state index is 0.0293. The summed E-state index contributed by atoms with van der Waals surface area (Å²) in [6.45, 7) is 3.90. The van der Waals surface area contributed by atoms with E-state index in [9.17, 15) is 33.1 Å². The topological polar surface area (TPSA) is 178 Å². The van der Waals surface area contributed by atoms with E-state index in [1.165, 1.54) is 116 Å². The Morgan fingerprint density at radius 3 is 1.38 bits per heavy atom. The van der Waals surface area contributed by atoms with Crippen LogP contribution in [-0.4, -0.2) is 97.5 Å². The molecule has 1 rings (SSSR count). The molecule has 73 heavy (non-hydrogen) atoms. The third kappa shape index (κ3) is 43.4. The second-order valence-electron chi connectivity index (χ2n) is 19.9. The molecule has 4 N–H and O–H groups in total. The molecule has 12 nitrogen and oxygen atoms in total. The number of hydrogen-bond donors (Lipinski definition) is 4. The molecule has 0 aliphatic carbocycles. The van der Waals surface area contributed by atoms with Crippen molar-refractivity contribution in [3.05, 3.63) is 72.9 Å². The Kier molecular flexibility index (Phi) is 47.3. The van der Waals surface area contributed by atoms with Crippen molar-refractivity contribution in [3.63, 3.8) is 0 Å². The van der Waals surface area contributed by atoms with Crippen LogP contribution in [0.1, 0.15) is 239 Å². The van der Waals surface area contributed by atoms with Gasteiger partial charge in [0, 0.05) is 13.0 Å². The number of allylic oxidation sites excluding steroid dienone is 12. The maximum atomic E-state index is 13.0. The van der Waals surface area contributed by atoms with Gasteiger partial charge in [-0.25, -0.2) is 4.18 Å². The molecule has 1 fully saturated rings. The van der Waals surface area contributed by atoms with E-state index in [2.05, 4.69) is 90.9 Å². The predicted octanol–water partition coefficient (Wildman–Crippen LogP) is 14.6. The van der Waals surface area contributed by atoms with E-state index in [1.807, 2.05) is 0 Å². The highest BCUT2D eigenvalue weighted by molar-refractivity contribution is 7.80. The Balaban J connectivity index is 2.32. The van der Waals surface area contributed by atoms with E-state index in [-0.39, 0.29) is 19.6 Å². The number of carbonyl (C=O) groups excluding carboxylic acids is 1. The monoisotopic (exact) mass is 1050 g/mol. The maximum Gasteiger partial charge on any atom is 0.397 e. The van der Waals surface area contributed by atoms with Gasteiger partial charge in [-0.3, -0.25) is 9.35 Å². The van der Waals surface area contributed by atoms with Gasteiger partial charge in [0.1, 0.15) is 30.5 Å². The molecule has 1 saturated heterocycles. The van der Waals surface area contributed by atoms with Gasteiger partial charge < -0.3 is 34.3 Å². The molecule has 0 aromatic rings. The van der Waals surface area contributed by atoms with Crippen molar-refractivity contribution in [1.29, 1.82) is 0 Å². The lowest BCUT2D eigenvalue weighted by Gasteiger charge is -2.41. The number of esters is 1. The van der Waals surface area contributed by atoms with Crippen molar-refractivity contribution in [3.8, 4) is 0 Å². The van der Waals surface area contributed by atoms with Crippen LogP contribution in [-0.2, 0) is 38.3 Å². The van der Waals surface area contributed by atoms with Gasteiger partial charge in [-0.1, -0.05) is 241 Å². The molecule has 0 spiro atoms. The van der Waals surface area contributed by atoms with Gasteiger partial charge in [0.25, 0.3) is 0 Å². The first kappa shape index (κ1) is 68.6. The average Bonchev–Trinajstić information content (AvgIpc) is 3.37. The van der Waals surface area contributed by atoms with Crippen LogP contribution in [0.2, 0.25) is 0 Å². The minimum atomic E-state index is -5.07. The molecule has 1 heterocycles. The number of unbranched alkanes of at least 4 members (excludes halogenated alkanes) is 26. The van der Waals surface area contributed by atoms with Crippen molar-refractivity contribution < 1.29 is 56.2 Å². The summed E-state index contributed by atoms with van der Waals surface area (Å²) in [5, 5.41) is 30.9. The number of aliphatic hydroxyl groups excluding tert-OH is 3. The SMILES string of the molecule is CC/C=C\C/C=C\C/C=C\C/C=C\C/C=C\C/C=C\CCCCCCCCC(=O)OC(COCCCCCCCCCCCCCCCCCCCCCCC)COC1OC(CO)C(O)C(OS(=O)(=O)O)C1O. The van der Waals surface area contributed by atoms with Crippen molar-refractivity contribution in [2.75, 3.05) is 26.4 Å². The highest BCUT2D eigenvalue weighted by Gasteiger charge is 2.48. The molecular formula is C60H106O12S. The molecular weight excluding hydrogens is 945 g/mol. The van der Waals surface area contributed by atoms with Crippen molar-refractivity contribution in [2.45, 2.75) is 275 Å². The zero-order valence-corrected chi connectivity index (χ0v) is 46.7. The first-order valence-electron chi connectivity index (χ1n) is 29.2. The summed E-state index contributed by atoms with van der Waals surface area (Å²) in [6, 6.07) is 0. The number of hydrogen-bond acceptors (Lipinski definition) is 11. The zero-order chi connectivity index (χ0) is 53.1. The van der Waals surface area contributed by atoms with Crippen molar-refractivity contribution >= 4 is 16.4 Å². The third-order valence-corrected chi connectivity index (χ3v) is 13.6. The van der Waals surface area contributed by atoms with Crippen LogP contribution in [0.25, 0.3) is 0 Å². The lowest BCUT2D eigenvalue weighted by atomic mass is 9.99. The van der Waals surface area contributed by atoms with Crippen LogP contribution in [0.15, 0.2) is 72.9 Å². The fourth-order valence-electron chi connectivity index (χ4n) is 8.74. The number of ether oxygens (including phenoxy) is 4. The molecule has 0 aromatic carbocycles. The third-order valence-electron chi connectivity index (χ3n) is 13.1. The lowest BCUT2D eigenvalue weighted by molar-refractivity contribution is -0.301. The van der Waals surface area contributed by atoms with E-state index in [4.69, 9.17) is 18.9 Å². The summed E-state index contributed by atoms with van der Waals surface area (Å²) < 4.78 is 59.4. The van der Waals surface area contributed by atoms with E-state index in [1.54, 1.807) is 0 Å². The Morgan fingerprint density at radius 1 is 0.534 bits per heavy atom. The van der Waals surface area contributed by atoms with Gasteiger partial charge in [0.15, 0.2) is 6.29 Å². The van der Waals surface area contributed by atoms with Gasteiger partial charge in [0.2, 0.25) is 0 Å². The van der Waals surface area contributed by atoms with Crippen LogP contribution in [0.4, 0.5) is 0 Å². The molecule has 0 aromatic heterocycles. The van der Waals surface area contributed by atoms with Crippen LogP contribution in [0.3, 0.4) is 0 Å². The summed E-state index contributed by atoms with van der Waals surface area (Å²) in [5.74, 6) is -0.412. The molecule has 6 atom stereocenters. The normalized spacial score (nSPS) is 19.3. The lowest BCUT2D eigenvalue weighted by Crippen LogP contribution is -2.60. The standard InChI is InChI=1S/C60H106O12S/c1-3-5-7-9-11-13-15-17-19-21-23-25-26-27-28-29-31-33-35-37-39-41-43-45-47-49-56(62)70-54(53-69-60-58(64)59(72-73(65,66)67)57(63)55(51-61)71-60)52-68-50-48-46-44-42-40-38-36-34-32-30-24-22-20-18-16-14-12-10-8-6-4-2/h5,7,11,13,17,19,23,25,27-28,31,33,54-55,57-61,63-64H,3-4,6,8-10,12,14-16,18,20-22,24,26,29-30,32,34-53H2,1-2H3,(H,65,66,67)/b7-5-,13-11-,19-17-,25-23-,28-27-,33-31-. The second kappa shape index (κ2) is 50.4. The van der Waals surface area contributed by atoms with Gasteiger partial charge in [-0.05, 0) is 64.2 Å². The largest absolute Gasteiger partial charge is 0.457 e. The molecule has 13 heteroatoms. The van der Waals surface area contributed by atoms with E-state index in [0.717, 1.165) is 96.3 Å². The highest BCUT2D eigenvalue weighted by Crippen LogP contribution is 2.26. The Labute approximate surface area is 445 Å². The van der Waals surface area contributed by atoms with Gasteiger partial charge in [-0.15, -0.1) is 0 Å². The predicted molar refractivity (Wildman–Crippen MR) is 299 cm³/mol. The van der Waals surface area contributed by atoms with Crippen LogP contribution >= 0.6 is 0 Å². The first-order chi connectivity index (χ1) is 35.6. The minimum Gasteiger partial charge on any atom is -0.457 e. The summed E-state index contributed by atoms with van der Waals surface area (Å²) >= 11 is 0. The van der Waals surface area contributed by atoms with E-state index < -0.39 is 59.8 Å². The summed E-state index contributed by atoms with van der Waals surface area (Å²) in [7, 11) is -5.07. The average molecular weight is 1050 g/mol. The number of aliphatic hydroxyl groups is 3. The molecule has 1 aliphatic heterocycles. The Morgan fingerprint density at radius 2 is 0.945 bits per heavy atom. The van der Waals surface area contributed by atoms with Gasteiger partial charge in [-0.2, -0.15) is 8.42 Å². The fourth-order valence-corrected chi connectivity index (χ4v) is 9.25. The smallest absolute Gasteiger partial charge is 0.397 e. The molecule has 424 valence electrons. The summed E-state index contributed by atoms with van der Waals surface area (Å²) in [4.78, 5) is 13.0. The van der Waals surface area contributed by atoms with E-state index in [0.29, 0.717) is 13.0 Å². The molecule has 6 unspecified atom stereocenters. The quantitative estimate of drug-likeness (QED) is 0.0196. The molecule has 0 amide bonds. The molecule has 1 aliphatic rings. The second-order valence-corrected chi connectivity index (χ2v) is 20.9. The molecule has 0 radical (unpaired) electrons. The van der Waals surface area contributed by atoms with Crippen LogP contribution in [0.5, 0.6) is 0 Å². The molecule has 0 saturated carbocycles. The van der Waals surface area contributed by atoms with Crippen LogP contribution < -0.4 is 0 Å². The number of carbonyl (C=O) groups is 1. The highest BCUT2D eigenvalue weighted by atomic mass is 32.3. The Hall–Kier alpha value is -2.46. The zero-order valence-electron chi connectivity index (χ0n) is 45.9. The van der Waals surface area contributed by atoms with Crippen LogP contribution in [0, 0.1) is 0 Å². The van der Waals surface area contributed by atoms with Crippen molar-refractivity contribution in [1.82, 2.24) is 0 Å². The van der Waals surface area contributed by atoms with Crippen molar-refractivity contribution in [2.24, 2.45) is 0 Å². The van der Waals surface area contributed by atoms with Gasteiger partial charge in [0.05, 0.1) is 19.8 Å².